The molecule has 2 heterocycles. The zero-order chi connectivity index (χ0) is 15.5. The summed E-state index contributed by atoms with van der Waals surface area (Å²) in [6.07, 6.45) is 5.87. The number of benzene rings is 1. The number of rotatable bonds is 3. The van der Waals surface area contributed by atoms with Gasteiger partial charge >= 0.3 is 0 Å². The molecule has 0 atom stereocenters. The van der Waals surface area contributed by atoms with E-state index in [0.717, 1.165) is 30.0 Å². The van der Waals surface area contributed by atoms with Crippen molar-refractivity contribution in [2.75, 3.05) is 23.3 Å². The Labute approximate surface area is 131 Å². The van der Waals surface area contributed by atoms with Crippen LogP contribution in [0, 0.1) is 13.8 Å². The van der Waals surface area contributed by atoms with Gasteiger partial charge in [0.25, 0.3) is 5.91 Å². The fourth-order valence-electron chi connectivity index (χ4n) is 2.78. The van der Waals surface area contributed by atoms with Gasteiger partial charge in [0.2, 0.25) is 0 Å². The predicted octanol–water partition coefficient (Wildman–Crippen LogP) is 3.55. The summed E-state index contributed by atoms with van der Waals surface area (Å²) in [5.74, 6) is -0.109. The van der Waals surface area contributed by atoms with Crippen LogP contribution in [0.15, 0.2) is 36.7 Å². The Kier molecular flexibility index (Phi) is 4.09. The molecule has 0 unspecified atom stereocenters. The lowest BCUT2D eigenvalue weighted by Crippen LogP contribution is -2.19. The number of hydrogen-bond donors (Lipinski definition) is 1. The van der Waals surface area contributed by atoms with Crippen LogP contribution in [0.3, 0.4) is 0 Å². The van der Waals surface area contributed by atoms with E-state index in [0.29, 0.717) is 5.56 Å². The molecule has 1 aliphatic heterocycles. The maximum atomic E-state index is 12.5. The van der Waals surface area contributed by atoms with Crippen molar-refractivity contribution in [3.63, 3.8) is 0 Å². The topological polar surface area (TPSA) is 45.2 Å². The van der Waals surface area contributed by atoms with Crippen molar-refractivity contribution in [2.24, 2.45) is 0 Å². The number of amides is 1. The first-order valence-corrected chi connectivity index (χ1v) is 7.73. The van der Waals surface area contributed by atoms with Crippen molar-refractivity contribution in [3.05, 3.63) is 53.3 Å². The summed E-state index contributed by atoms with van der Waals surface area (Å²) >= 11 is 0. The lowest BCUT2D eigenvalue weighted by atomic mass is 10.1. The number of nitrogens with zero attached hydrogens (tertiary/aromatic N) is 2. The zero-order valence-electron chi connectivity index (χ0n) is 13.1. The summed E-state index contributed by atoms with van der Waals surface area (Å²) in [6.45, 7) is 6.15. The van der Waals surface area contributed by atoms with Gasteiger partial charge in [0.1, 0.15) is 0 Å². The van der Waals surface area contributed by atoms with Crippen molar-refractivity contribution < 1.29 is 4.79 Å². The summed E-state index contributed by atoms with van der Waals surface area (Å²) in [6, 6.07) is 7.86. The van der Waals surface area contributed by atoms with Gasteiger partial charge in [0, 0.05) is 25.0 Å². The van der Waals surface area contributed by atoms with Gasteiger partial charge in [-0.05, 0) is 49.9 Å². The van der Waals surface area contributed by atoms with E-state index >= 15 is 0 Å². The summed E-state index contributed by atoms with van der Waals surface area (Å²) in [4.78, 5) is 19.0. The third-order valence-electron chi connectivity index (χ3n) is 4.31. The number of hydrogen-bond acceptors (Lipinski definition) is 3. The maximum Gasteiger partial charge on any atom is 0.257 e. The number of carbonyl (C=O) groups is 1. The van der Waals surface area contributed by atoms with Gasteiger partial charge in [-0.25, -0.2) is 0 Å². The number of pyridine rings is 1. The van der Waals surface area contributed by atoms with Crippen LogP contribution in [0.1, 0.15) is 34.3 Å². The van der Waals surface area contributed by atoms with Gasteiger partial charge in [-0.2, -0.15) is 0 Å². The molecule has 4 heteroatoms. The maximum absolute atomic E-state index is 12.5. The molecule has 0 bridgehead atoms. The van der Waals surface area contributed by atoms with Crippen LogP contribution in [-0.4, -0.2) is 24.0 Å². The Bertz CT molecular complexity index is 690. The summed E-state index contributed by atoms with van der Waals surface area (Å²) in [5.41, 5.74) is 4.76. The molecule has 1 aromatic heterocycles. The fraction of sp³-hybridized carbons (Fsp3) is 0.333. The van der Waals surface area contributed by atoms with Crippen LogP contribution in [0.5, 0.6) is 0 Å². The molecule has 2 aromatic rings. The Morgan fingerprint density at radius 3 is 2.73 bits per heavy atom. The second-order valence-electron chi connectivity index (χ2n) is 5.83. The minimum Gasteiger partial charge on any atom is -0.370 e. The van der Waals surface area contributed by atoms with Crippen molar-refractivity contribution in [2.45, 2.75) is 26.7 Å². The molecular weight excluding hydrogens is 274 g/mol. The van der Waals surface area contributed by atoms with Crippen molar-refractivity contribution in [1.82, 2.24) is 4.98 Å². The molecule has 0 radical (unpaired) electrons. The van der Waals surface area contributed by atoms with E-state index < -0.39 is 0 Å². The number of nitrogens with one attached hydrogen (secondary N) is 1. The van der Waals surface area contributed by atoms with Crippen LogP contribution in [0.25, 0.3) is 0 Å². The average Bonchev–Trinajstić information content (AvgIpc) is 3.06. The number of carbonyl (C=O) groups excluding carboxylic acids is 1. The highest BCUT2D eigenvalue weighted by Crippen LogP contribution is 2.22. The molecule has 1 fully saturated rings. The van der Waals surface area contributed by atoms with E-state index in [1.165, 1.54) is 18.4 Å². The lowest BCUT2D eigenvalue weighted by molar-refractivity contribution is 0.102. The Morgan fingerprint density at radius 1 is 1.18 bits per heavy atom. The van der Waals surface area contributed by atoms with Crippen LogP contribution in [0.4, 0.5) is 11.4 Å². The Morgan fingerprint density at radius 2 is 1.95 bits per heavy atom. The van der Waals surface area contributed by atoms with E-state index in [1.54, 1.807) is 6.20 Å². The zero-order valence-corrected chi connectivity index (χ0v) is 13.1. The Hall–Kier alpha value is -2.36. The highest BCUT2D eigenvalue weighted by atomic mass is 16.1. The summed E-state index contributed by atoms with van der Waals surface area (Å²) < 4.78 is 0. The van der Waals surface area contributed by atoms with Crippen molar-refractivity contribution >= 4 is 17.3 Å². The third-order valence-corrected chi connectivity index (χ3v) is 4.31. The molecule has 1 aromatic carbocycles. The molecule has 3 rings (SSSR count). The third kappa shape index (κ3) is 2.96. The highest BCUT2D eigenvalue weighted by Gasteiger charge is 2.15. The average molecular weight is 295 g/mol. The second-order valence-corrected chi connectivity index (χ2v) is 5.83. The summed E-state index contributed by atoms with van der Waals surface area (Å²) in [5, 5.41) is 2.99. The largest absolute Gasteiger partial charge is 0.370 e. The quantitative estimate of drug-likeness (QED) is 0.942. The van der Waals surface area contributed by atoms with Gasteiger partial charge in [0.05, 0.1) is 17.4 Å². The van der Waals surface area contributed by atoms with Crippen LogP contribution < -0.4 is 10.2 Å². The molecule has 1 N–H and O–H groups in total. The molecule has 22 heavy (non-hydrogen) atoms. The first-order valence-electron chi connectivity index (χ1n) is 7.73. The van der Waals surface area contributed by atoms with Crippen LogP contribution in [0.2, 0.25) is 0 Å². The molecule has 1 aliphatic rings. The highest BCUT2D eigenvalue weighted by molar-refractivity contribution is 6.05. The lowest BCUT2D eigenvalue weighted by Gasteiger charge is -2.17. The van der Waals surface area contributed by atoms with E-state index in [4.69, 9.17) is 0 Å². The van der Waals surface area contributed by atoms with Gasteiger partial charge in [-0.3, -0.25) is 9.78 Å². The number of aryl methyl sites for hydroxylation is 1. The minimum absolute atomic E-state index is 0.109. The molecule has 4 nitrogen and oxygen atoms in total. The van der Waals surface area contributed by atoms with Gasteiger partial charge < -0.3 is 10.2 Å². The standard InChI is InChI=1S/C18H21N3O/c1-13-6-5-7-17(14(13)2)20-18(22)15-10-16(12-19-11-15)21-8-3-4-9-21/h5-7,10-12H,3-4,8-9H2,1-2H3,(H,20,22). The van der Waals surface area contributed by atoms with E-state index in [9.17, 15) is 4.79 Å². The van der Waals surface area contributed by atoms with E-state index in [1.807, 2.05) is 44.3 Å². The molecular formula is C18H21N3O. The SMILES string of the molecule is Cc1cccc(NC(=O)c2cncc(N3CCCC3)c2)c1C. The number of anilines is 2. The van der Waals surface area contributed by atoms with Crippen LogP contribution in [-0.2, 0) is 0 Å². The molecule has 0 aliphatic carbocycles. The van der Waals surface area contributed by atoms with Crippen molar-refractivity contribution in [1.29, 1.82) is 0 Å². The smallest absolute Gasteiger partial charge is 0.257 e. The first-order chi connectivity index (χ1) is 10.6. The molecule has 114 valence electrons. The van der Waals surface area contributed by atoms with Gasteiger partial charge in [-0.1, -0.05) is 12.1 Å². The predicted molar refractivity (Wildman–Crippen MR) is 89.6 cm³/mol. The Balaban J connectivity index is 1.80. The second kappa shape index (κ2) is 6.18. The molecule has 0 spiro atoms. The monoisotopic (exact) mass is 295 g/mol. The molecule has 1 saturated heterocycles. The van der Waals surface area contributed by atoms with Crippen LogP contribution >= 0.6 is 0 Å². The van der Waals surface area contributed by atoms with E-state index in [2.05, 4.69) is 15.2 Å². The molecule has 1 amide bonds. The first kappa shape index (κ1) is 14.6. The van der Waals surface area contributed by atoms with Gasteiger partial charge in [-0.15, -0.1) is 0 Å². The van der Waals surface area contributed by atoms with Crippen molar-refractivity contribution in [3.8, 4) is 0 Å². The number of aromatic nitrogens is 1. The normalized spacial score (nSPS) is 14.2. The molecule has 0 saturated carbocycles. The van der Waals surface area contributed by atoms with Gasteiger partial charge in [0.15, 0.2) is 0 Å². The summed E-state index contributed by atoms with van der Waals surface area (Å²) in [7, 11) is 0. The van der Waals surface area contributed by atoms with E-state index in [-0.39, 0.29) is 5.91 Å². The fourth-order valence-corrected chi connectivity index (χ4v) is 2.78. The minimum atomic E-state index is -0.109.